The molecule has 0 unspecified atom stereocenters. The second-order valence-corrected chi connectivity index (χ2v) is 4.55. The molecule has 0 spiro atoms. The number of likely N-dealkylation sites (N-methyl/N-ethyl adjacent to an activating group) is 1. The van der Waals surface area contributed by atoms with E-state index in [1.165, 1.54) is 6.07 Å². The average Bonchev–Trinajstić information content (AvgIpc) is 2.30. The van der Waals surface area contributed by atoms with Crippen molar-refractivity contribution in [3.05, 3.63) is 35.4 Å². The zero-order valence-corrected chi connectivity index (χ0v) is 9.93. The van der Waals surface area contributed by atoms with Crippen LogP contribution in [-0.2, 0) is 10.2 Å². The number of nitrogens with one attached hydrogen (secondary N) is 1. The molecule has 1 N–H and O–H groups in total. The van der Waals surface area contributed by atoms with Crippen LogP contribution in [0.5, 0.6) is 0 Å². The Hall–Kier alpha value is -1.00. The minimum Gasteiger partial charge on any atom is -0.381 e. The summed E-state index contributed by atoms with van der Waals surface area (Å²) in [5, 5.41) is 3.10. The number of halogens is 2. The summed E-state index contributed by atoms with van der Waals surface area (Å²) >= 11 is 0. The van der Waals surface area contributed by atoms with Gasteiger partial charge in [-0.3, -0.25) is 0 Å². The molecule has 1 aliphatic rings. The van der Waals surface area contributed by atoms with Crippen molar-refractivity contribution in [3.8, 4) is 0 Å². The van der Waals surface area contributed by atoms with Crippen LogP contribution in [0.2, 0.25) is 0 Å². The monoisotopic (exact) mass is 241 g/mol. The zero-order valence-electron chi connectivity index (χ0n) is 9.93. The molecule has 1 fully saturated rings. The van der Waals surface area contributed by atoms with E-state index in [4.69, 9.17) is 4.74 Å². The average molecular weight is 241 g/mol. The van der Waals surface area contributed by atoms with Crippen molar-refractivity contribution in [2.24, 2.45) is 0 Å². The van der Waals surface area contributed by atoms with Gasteiger partial charge in [-0.2, -0.15) is 0 Å². The van der Waals surface area contributed by atoms with Gasteiger partial charge in [0, 0.05) is 31.2 Å². The lowest BCUT2D eigenvalue weighted by Crippen LogP contribution is -2.42. The topological polar surface area (TPSA) is 21.3 Å². The molecule has 2 rings (SSSR count). The molecule has 4 heteroatoms. The van der Waals surface area contributed by atoms with Crippen LogP contribution < -0.4 is 5.32 Å². The molecule has 0 aromatic heterocycles. The van der Waals surface area contributed by atoms with Gasteiger partial charge in [0.25, 0.3) is 0 Å². The van der Waals surface area contributed by atoms with Gasteiger partial charge in [0.15, 0.2) is 0 Å². The number of hydrogen-bond acceptors (Lipinski definition) is 2. The maximum absolute atomic E-state index is 13.9. The fourth-order valence-corrected chi connectivity index (χ4v) is 2.56. The predicted molar refractivity (Wildman–Crippen MR) is 62.0 cm³/mol. The van der Waals surface area contributed by atoms with Crippen LogP contribution in [-0.4, -0.2) is 26.8 Å². The number of hydrogen-bond donors (Lipinski definition) is 1. The molecule has 0 bridgehead atoms. The minimum atomic E-state index is -0.530. The summed E-state index contributed by atoms with van der Waals surface area (Å²) in [7, 11) is 1.85. The second-order valence-electron chi connectivity index (χ2n) is 4.55. The third-order valence-electron chi connectivity index (χ3n) is 3.47. The molecule has 0 radical (unpaired) electrons. The maximum atomic E-state index is 13.9. The molecule has 17 heavy (non-hydrogen) atoms. The van der Waals surface area contributed by atoms with Crippen LogP contribution in [0.25, 0.3) is 0 Å². The Morgan fingerprint density at radius 3 is 2.59 bits per heavy atom. The van der Waals surface area contributed by atoms with E-state index >= 15 is 0 Å². The molecule has 0 saturated carbocycles. The summed E-state index contributed by atoms with van der Waals surface area (Å²) in [4.78, 5) is 0. The SMILES string of the molecule is CNCC1(c2ccc(F)cc2F)CCOCC1. The van der Waals surface area contributed by atoms with Crippen LogP contribution >= 0.6 is 0 Å². The van der Waals surface area contributed by atoms with Crippen LogP contribution in [0, 0.1) is 11.6 Å². The Balaban J connectivity index is 2.37. The highest BCUT2D eigenvalue weighted by atomic mass is 19.1. The van der Waals surface area contributed by atoms with E-state index in [0.717, 1.165) is 18.9 Å². The molecule has 1 aromatic rings. The molecule has 0 aliphatic carbocycles. The van der Waals surface area contributed by atoms with Crippen molar-refractivity contribution in [1.82, 2.24) is 5.32 Å². The first-order valence-electron chi connectivity index (χ1n) is 5.86. The van der Waals surface area contributed by atoms with E-state index in [9.17, 15) is 8.78 Å². The standard InChI is InChI=1S/C13H17F2NO/c1-16-9-13(4-6-17-7-5-13)11-3-2-10(14)8-12(11)15/h2-3,8,16H,4-7,9H2,1H3. The molecule has 0 amide bonds. The first-order valence-corrected chi connectivity index (χ1v) is 5.86. The summed E-state index contributed by atoms with van der Waals surface area (Å²) in [5.74, 6) is -0.986. The molecular formula is C13H17F2NO. The van der Waals surface area contributed by atoms with Crippen molar-refractivity contribution < 1.29 is 13.5 Å². The molecule has 1 saturated heterocycles. The lowest BCUT2D eigenvalue weighted by molar-refractivity contribution is 0.0493. The van der Waals surface area contributed by atoms with Crippen LogP contribution in [0.1, 0.15) is 18.4 Å². The van der Waals surface area contributed by atoms with Gasteiger partial charge < -0.3 is 10.1 Å². The minimum absolute atomic E-state index is 0.273. The second kappa shape index (κ2) is 5.10. The van der Waals surface area contributed by atoms with Crippen molar-refractivity contribution in [1.29, 1.82) is 0 Å². The van der Waals surface area contributed by atoms with Crippen LogP contribution in [0.3, 0.4) is 0 Å². The van der Waals surface area contributed by atoms with Gasteiger partial charge in [0.2, 0.25) is 0 Å². The molecular weight excluding hydrogens is 224 g/mol. The molecule has 0 atom stereocenters. The van der Waals surface area contributed by atoms with Crippen molar-refractivity contribution in [3.63, 3.8) is 0 Å². The highest BCUT2D eigenvalue weighted by Gasteiger charge is 2.36. The highest BCUT2D eigenvalue weighted by molar-refractivity contribution is 5.29. The first kappa shape index (κ1) is 12.5. The van der Waals surface area contributed by atoms with E-state index in [0.29, 0.717) is 25.3 Å². The van der Waals surface area contributed by atoms with Gasteiger partial charge >= 0.3 is 0 Å². The molecule has 94 valence electrons. The number of rotatable bonds is 3. The fourth-order valence-electron chi connectivity index (χ4n) is 2.56. The summed E-state index contributed by atoms with van der Waals surface area (Å²) in [5.41, 5.74) is 0.321. The predicted octanol–water partition coefficient (Wildman–Crippen LogP) is 2.23. The quantitative estimate of drug-likeness (QED) is 0.876. The van der Waals surface area contributed by atoms with Crippen molar-refractivity contribution in [2.75, 3.05) is 26.8 Å². The highest BCUT2D eigenvalue weighted by Crippen LogP contribution is 2.35. The summed E-state index contributed by atoms with van der Waals surface area (Å²) < 4.78 is 32.2. The summed E-state index contributed by atoms with van der Waals surface area (Å²) in [6.45, 7) is 1.93. The zero-order chi connectivity index (χ0) is 12.3. The van der Waals surface area contributed by atoms with E-state index in [2.05, 4.69) is 5.32 Å². The number of benzene rings is 1. The van der Waals surface area contributed by atoms with E-state index < -0.39 is 11.6 Å². The molecule has 2 nitrogen and oxygen atoms in total. The Labute approximate surface area is 100.0 Å². The summed E-state index contributed by atoms with van der Waals surface area (Å²) in [6, 6.07) is 3.85. The Morgan fingerprint density at radius 1 is 1.29 bits per heavy atom. The lowest BCUT2D eigenvalue weighted by Gasteiger charge is -2.37. The van der Waals surface area contributed by atoms with Gasteiger partial charge in [-0.25, -0.2) is 8.78 Å². The van der Waals surface area contributed by atoms with Gasteiger partial charge in [-0.1, -0.05) is 6.07 Å². The van der Waals surface area contributed by atoms with Crippen LogP contribution in [0.4, 0.5) is 8.78 Å². The Morgan fingerprint density at radius 2 is 2.00 bits per heavy atom. The normalized spacial score (nSPS) is 19.2. The summed E-state index contributed by atoms with van der Waals surface area (Å²) in [6.07, 6.45) is 1.52. The van der Waals surface area contributed by atoms with Gasteiger partial charge in [-0.05, 0) is 31.5 Å². The fraction of sp³-hybridized carbons (Fsp3) is 0.538. The first-order chi connectivity index (χ1) is 8.18. The lowest BCUT2D eigenvalue weighted by atomic mass is 9.74. The third-order valence-corrected chi connectivity index (χ3v) is 3.47. The number of ether oxygens (including phenoxy) is 1. The van der Waals surface area contributed by atoms with Crippen molar-refractivity contribution >= 4 is 0 Å². The largest absolute Gasteiger partial charge is 0.381 e. The molecule has 1 aromatic carbocycles. The van der Waals surface area contributed by atoms with Crippen molar-refractivity contribution in [2.45, 2.75) is 18.3 Å². The van der Waals surface area contributed by atoms with E-state index in [-0.39, 0.29) is 5.41 Å². The maximum Gasteiger partial charge on any atom is 0.129 e. The van der Waals surface area contributed by atoms with Gasteiger partial charge in [0.1, 0.15) is 11.6 Å². The van der Waals surface area contributed by atoms with Gasteiger partial charge in [0.05, 0.1) is 0 Å². The molecule has 1 aliphatic heterocycles. The van der Waals surface area contributed by atoms with Crippen LogP contribution in [0.15, 0.2) is 18.2 Å². The Bertz CT molecular complexity index is 383. The van der Waals surface area contributed by atoms with Gasteiger partial charge in [-0.15, -0.1) is 0 Å². The van der Waals surface area contributed by atoms with E-state index in [1.807, 2.05) is 7.05 Å². The third kappa shape index (κ3) is 2.48. The van der Waals surface area contributed by atoms with E-state index in [1.54, 1.807) is 6.07 Å². The smallest absolute Gasteiger partial charge is 0.129 e. The Kier molecular flexibility index (Phi) is 3.74. The molecule has 1 heterocycles.